The first-order chi connectivity index (χ1) is 27.9. The molecule has 0 bridgehead atoms. The Morgan fingerprint density at radius 1 is 0.542 bits per heavy atom. The molecule has 3 nitrogen and oxygen atoms in total. The fourth-order valence-electron chi connectivity index (χ4n) is 9.08. The Morgan fingerprint density at radius 3 is 1.68 bits per heavy atom. The van der Waals surface area contributed by atoms with Crippen LogP contribution < -0.4 is 9.80 Å². The summed E-state index contributed by atoms with van der Waals surface area (Å²) in [4.78, 5) is 4.77. The highest BCUT2D eigenvalue weighted by atomic mass is 35.5. The molecule has 0 spiro atoms. The molecule has 1 aliphatic rings. The Morgan fingerprint density at radius 2 is 1.08 bits per heavy atom. The van der Waals surface area contributed by atoms with E-state index in [1.54, 1.807) is 0 Å². The number of halogens is 1. The maximum atomic E-state index is 7.34. The number of hydrogen-bond acceptors (Lipinski definition) is 4. The van der Waals surface area contributed by atoms with Crippen LogP contribution in [-0.4, -0.2) is 0 Å². The molecule has 59 heavy (non-hydrogen) atoms. The number of hydrogen-bond donors (Lipinski definition) is 0. The Kier molecular flexibility index (Phi) is 9.38. The zero-order valence-electron chi connectivity index (χ0n) is 36.1. The lowest BCUT2D eigenvalue weighted by molar-refractivity contribution is 0.332. The fraction of sp³-hybridized carbons (Fsp3) is 0.296. The Balaban J connectivity index is 1.30. The largest absolute Gasteiger partial charge is 0.456 e. The number of para-hydroxylation sites is 1. The van der Waals surface area contributed by atoms with Crippen LogP contribution in [0, 0.1) is 0 Å². The zero-order chi connectivity index (χ0) is 41.6. The van der Waals surface area contributed by atoms with Crippen molar-refractivity contribution in [3.8, 4) is 0 Å². The second-order valence-electron chi connectivity index (χ2n) is 20.0. The predicted octanol–water partition coefficient (Wildman–Crippen LogP) is 17.3. The van der Waals surface area contributed by atoms with Crippen molar-refractivity contribution < 1.29 is 4.42 Å². The van der Waals surface area contributed by atoms with Gasteiger partial charge in [0.25, 0.3) is 0 Å². The molecule has 0 atom stereocenters. The molecular formula is C54H55ClN2OS. The van der Waals surface area contributed by atoms with E-state index in [4.69, 9.17) is 16.0 Å². The molecule has 5 heteroatoms. The lowest BCUT2D eigenvalue weighted by atomic mass is 9.63. The van der Waals surface area contributed by atoms with E-state index in [-0.39, 0.29) is 21.7 Å². The van der Waals surface area contributed by atoms with Crippen molar-refractivity contribution in [1.29, 1.82) is 0 Å². The van der Waals surface area contributed by atoms with Crippen molar-refractivity contribution in [2.45, 2.75) is 104 Å². The molecule has 0 amide bonds. The van der Waals surface area contributed by atoms with E-state index in [0.717, 1.165) is 62.5 Å². The smallest absolute Gasteiger partial charge is 0.137 e. The first-order valence-corrected chi connectivity index (χ1v) is 22.2. The average Bonchev–Trinajstić information content (AvgIpc) is 3.78. The van der Waals surface area contributed by atoms with E-state index < -0.39 is 0 Å². The zero-order valence-corrected chi connectivity index (χ0v) is 37.7. The number of rotatable bonds is 6. The Bertz CT molecular complexity index is 2810. The molecule has 0 saturated heterocycles. The van der Waals surface area contributed by atoms with Gasteiger partial charge in [-0.05, 0) is 130 Å². The van der Waals surface area contributed by atoms with Gasteiger partial charge in [0, 0.05) is 48.6 Å². The topological polar surface area (TPSA) is 19.6 Å². The molecule has 0 aliphatic heterocycles. The number of fused-ring (bicyclic) bond motifs is 5. The summed E-state index contributed by atoms with van der Waals surface area (Å²) in [5.41, 5.74) is 13.8. The summed E-state index contributed by atoms with van der Waals surface area (Å²) in [5, 5.41) is 6.42. The van der Waals surface area contributed by atoms with E-state index in [2.05, 4.69) is 200 Å². The van der Waals surface area contributed by atoms with Crippen molar-refractivity contribution in [1.82, 2.24) is 0 Å². The van der Waals surface area contributed by atoms with E-state index >= 15 is 0 Å². The van der Waals surface area contributed by atoms with E-state index in [1.807, 2.05) is 17.4 Å². The third-order valence-corrected chi connectivity index (χ3v) is 13.9. The minimum atomic E-state index is 0.0350. The number of nitrogens with zero attached hydrogens (tertiary/aromatic N) is 2. The van der Waals surface area contributed by atoms with Crippen molar-refractivity contribution >= 4 is 89.1 Å². The fourth-order valence-corrected chi connectivity index (χ4v) is 10.3. The predicted molar refractivity (Wildman–Crippen MR) is 256 cm³/mol. The number of furan rings is 1. The molecule has 0 N–H and O–H groups in total. The monoisotopic (exact) mass is 814 g/mol. The van der Waals surface area contributed by atoms with Crippen LogP contribution in [0.5, 0.6) is 0 Å². The summed E-state index contributed by atoms with van der Waals surface area (Å²) in [7, 11) is 0. The molecule has 2 heterocycles. The summed E-state index contributed by atoms with van der Waals surface area (Å²) in [6, 6.07) is 44.3. The maximum absolute atomic E-state index is 7.34. The first-order valence-electron chi connectivity index (χ1n) is 21.0. The number of thiophene rings is 1. The van der Waals surface area contributed by atoms with Crippen LogP contribution in [0.4, 0.5) is 34.1 Å². The SMILES string of the molecule is CC(C)(C)c1ccc(N(c2ccc(C(C)(C)C)cc2)c2cc(Cl)cc(N(c3csc4cc5c(cc34)C(C)(C)CCC5(C)C)c3cccc4oc5ccccc5c34)c2)cc1. The summed E-state index contributed by atoms with van der Waals surface area (Å²) in [5.74, 6) is 0. The van der Waals surface area contributed by atoms with Gasteiger partial charge in [-0.2, -0.15) is 0 Å². The molecule has 300 valence electrons. The third-order valence-electron chi connectivity index (χ3n) is 12.8. The van der Waals surface area contributed by atoms with Crippen LogP contribution in [0.1, 0.15) is 104 Å². The number of benzene rings is 6. The average molecular weight is 816 g/mol. The Labute approximate surface area is 359 Å². The van der Waals surface area contributed by atoms with Crippen LogP contribution in [0.15, 0.2) is 131 Å². The highest BCUT2D eigenvalue weighted by Crippen LogP contribution is 2.52. The van der Waals surface area contributed by atoms with Gasteiger partial charge in [-0.25, -0.2) is 0 Å². The summed E-state index contributed by atoms with van der Waals surface area (Å²) < 4.78 is 7.81. The molecule has 9 rings (SSSR count). The van der Waals surface area contributed by atoms with Crippen molar-refractivity contribution in [3.63, 3.8) is 0 Å². The van der Waals surface area contributed by atoms with Gasteiger partial charge >= 0.3 is 0 Å². The van der Waals surface area contributed by atoms with Crippen molar-refractivity contribution in [2.24, 2.45) is 0 Å². The lowest BCUT2D eigenvalue weighted by Gasteiger charge is -2.42. The van der Waals surface area contributed by atoms with Crippen LogP contribution >= 0.6 is 22.9 Å². The molecule has 0 fully saturated rings. The van der Waals surface area contributed by atoms with Gasteiger partial charge in [-0.1, -0.05) is 129 Å². The van der Waals surface area contributed by atoms with Crippen LogP contribution in [0.25, 0.3) is 32.0 Å². The molecule has 0 radical (unpaired) electrons. The van der Waals surface area contributed by atoms with Crippen molar-refractivity contribution in [2.75, 3.05) is 9.80 Å². The van der Waals surface area contributed by atoms with E-state index in [9.17, 15) is 0 Å². The summed E-state index contributed by atoms with van der Waals surface area (Å²) in [6.07, 6.45) is 2.33. The molecule has 0 saturated carbocycles. The molecular weight excluding hydrogens is 760 g/mol. The molecule has 1 aliphatic carbocycles. The van der Waals surface area contributed by atoms with Gasteiger partial charge in [-0.3, -0.25) is 0 Å². The van der Waals surface area contributed by atoms with Crippen molar-refractivity contribution in [3.05, 3.63) is 154 Å². The van der Waals surface area contributed by atoms with Crippen LogP contribution in [-0.2, 0) is 21.7 Å². The maximum Gasteiger partial charge on any atom is 0.137 e. The second kappa shape index (κ2) is 14.0. The number of anilines is 6. The highest BCUT2D eigenvalue weighted by molar-refractivity contribution is 7.17. The molecule has 8 aromatic rings. The van der Waals surface area contributed by atoms with Gasteiger partial charge in [0.1, 0.15) is 11.2 Å². The normalized spacial score (nSPS) is 15.2. The third kappa shape index (κ3) is 7.02. The summed E-state index contributed by atoms with van der Waals surface area (Å²) >= 11 is 9.16. The minimum absolute atomic E-state index is 0.0350. The summed E-state index contributed by atoms with van der Waals surface area (Å²) in [6.45, 7) is 23.2. The molecule has 0 unspecified atom stereocenters. The Hall–Kier alpha value is -5.03. The lowest BCUT2D eigenvalue weighted by Crippen LogP contribution is -2.33. The van der Waals surface area contributed by atoms with Gasteiger partial charge in [0.15, 0.2) is 0 Å². The van der Waals surface area contributed by atoms with Crippen LogP contribution in [0.2, 0.25) is 5.02 Å². The minimum Gasteiger partial charge on any atom is -0.456 e. The first kappa shape index (κ1) is 39.4. The van der Waals surface area contributed by atoms with Gasteiger partial charge in [0.05, 0.1) is 16.8 Å². The molecule has 2 aromatic heterocycles. The highest BCUT2D eigenvalue weighted by Gasteiger charge is 2.38. The second-order valence-corrected chi connectivity index (χ2v) is 21.3. The quantitative estimate of drug-likeness (QED) is 0.167. The van der Waals surface area contributed by atoms with Gasteiger partial charge in [-0.15, -0.1) is 11.3 Å². The van der Waals surface area contributed by atoms with Gasteiger partial charge in [0.2, 0.25) is 0 Å². The van der Waals surface area contributed by atoms with Gasteiger partial charge < -0.3 is 14.2 Å². The van der Waals surface area contributed by atoms with E-state index in [1.165, 1.54) is 38.8 Å². The van der Waals surface area contributed by atoms with Crippen LogP contribution in [0.3, 0.4) is 0 Å². The standard InChI is InChI=1S/C54H55ClN2OS/c1-51(2,3)34-18-22-37(23-19-34)56(38-24-20-35(21-25-38)52(4,5)6)39-28-36(55)29-40(30-39)57(45-15-13-17-48-50(45)41-14-11-12-16-47(41)58-48)46-33-59-49-32-44-43(31-42(46)49)53(7,8)26-27-54(44,9)10/h11-25,28-33H,26-27H2,1-10H3. The van der Waals surface area contributed by atoms with E-state index in [0.29, 0.717) is 5.02 Å². The molecule has 6 aromatic carbocycles.